The van der Waals surface area contributed by atoms with Gasteiger partial charge in [-0.15, -0.1) is 11.3 Å². The van der Waals surface area contributed by atoms with Crippen molar-refractivity contribution >= 4 is 24.0 Å². The molecule has 0 N–H and O–H groups in total. The third-order valence-electron chi connectivity index (χ3n) is 1.38. The van der Waals surface area contributed by atoms with Crippen molar-refractivity contribution in [1.29, 1.82) is 0 Å². The maximum absolute atomic E-state index is 11.1. The molecule has 2 nitrogen and oxygen atoms in total. The Balaban J connectivity index is 3.81. The first-order chi connectivity index (χ1) is 4.66. The van der Waals surface area contributed by atoms with Crippen LogP contribution in [0.4, 0.5) is 0 Å². The zero-order chi connectivity index (χ0) is 7.72. The Labute approximate surface area is 62.7 Å². The highest BCUT2D eigenvalue weighted by molar-refractivity contribution is 7.07. The lowest BCUT2D eigenvalue weighted by atomic mass is 10.6. The van der Waals surface area contributed by atoms with Gasteiger partial charge in [0, 0.05) is 7.05 Å². The Morgan fingerprint density at radius 2 is 2.30 bits per heavy atom. The van der Waals surface area contributed by atoms with Crippen LogP contribution in [0.2, 0.25) is 0 Å². The Bertz CT molecular complexity index is 385. The molecule has 0 aliphatic heterocycles. The van der Waals surface area contributed by atoms with Gasteiger partial charge in [0.15, 0.2) is 0 Å². The number of thiazole rings is 1. The van der Waals surface area contributed by atoms with E-state index in [1.807, 2.05) is 13.0 Å². The minimum atomic E-state index is 0.0532. The van der Waals surface area contributed by atoms with Crippen LogP contribution in [0.5, 0.6) is 0 Å². The first kappa shape index (κ1) is 7.28. The summed E-state index contributed by atoms with van der Waals surface area (Å²) >= 11 is 1.42. The average molecular weight is 155 g/mol. The van der Waals surface area contributed by atoms with E-state index in [-0.39, 0.29) is 5.56 Å². The summed E-state index contributed by atoms with van der Waals surface area (Å²) in [4.78, 5) is 11.1. The van der Waals surface area contributed by atoms with Crippen molar-refractivity contribution in [2.24, 2.45) is 7.05 Å². The summed E-state index contributed by atoms with van der Waals surface area (Å²) < 4.78 is 3.13. The van der Waals surface area contributed by atoms with Gasteiger partial charge in [0.2, 0.25) is 0 Å². The Kier molecular flexibility index (Phi) is 1.76. The van der Waals surface area contributed by atoms with Crippen molar-refractivity contribution in [2.45, 2.75) is 6.92 Å². The van der Waals surface area contributed by atoms with Crippen LogP contribution in [0.3, 0.4) is 0 Å². The lowest BCUT2D eigenvalue weighted by Gasteiger charge is -1.80. The molecule has 54 valence electrons. The molecule has 0 aliphatic rings. The number of aromatic nitrogens is 1. The minimum Gasteiger partial charge on any atom is -0.303 e. The van der Waals surface area contributed by atoms with Crippen molar-refractivity contribution in [3.05, 3.63) is 19.5 Å². The van der Waals surface area contributed by atoms with E-state index in [1.165, 1.54) is 11.3 Å². The quantitative estimate of drug-likeness (QED) is 0.502. The summed E-state index contributed by atoms with van der Waals surface area (Å²) in [5.41, 5.74) is 0.0532. The number of nitrogens with zero attached hydrogens (tertiary/aromatic N) is 1. The van der Waals surface area contributed by atoms with Crippen LogP contribution >= 0.6 is 11.3 Å². The summed E-state index contributed by atoms with van der Waals surface area (Å²) in [6.45, 7) is 5.56. The molecule has 1 aromatic rings. The summed E-state index contributed by atoms with van der Waals surface area (Å²) in [5.74, 6) is 0. The van der Waals surface area contributed by atoms with Gasteiger partial charge in [0.05, 0.1) is 9.20 Å². The average Bonchev–Trinajstić information content (AvgIpc) is 2.17. The normalized spacial score (nSPS) is 12.4. The molecule has 1 rings (SSSR count). The summed E-state index contributed by atoms with van der Waals surface area (Å²) in [6.07, 6.45) is 1.81. The molecule has 0 spiro atoms. The molecular weight excluding hydrogens is 146 g/mol. The highest BCUT2D eigenvalue weighted by Gasteiger charge is 1.94. The first-order valence-corrected chi connectivity index (χ1v) is 3.79. The van der Waals surface area contributed by atoms with Gasteiger partial charge in [0.25, 0.3) is 5.56 Å². The van der Waals surface area contributed by atoms with Gasteiger partial charge >= 0.3 is 0 Å². The predicted octanol–water partition coefficient (Wildman–Crippen LogP) is -0.343. The molecule has 0 radical (unpaired) electrons. The topological polar surface area (TPSA) is 22.0 Å². The lowest BCUT2D eigenvalue weighted by molar-refractivity contribution is 0.859. The SMILES string of the molecule is C=c1s/c(=C\C)c(=O)n1C. The van der Waals surface area contributed by atoms with E-state index in [1.54, 1.807) is 11.6 Å². The summed E-state index contributed by atoms with van der Waals surface area (Å²) in [7, 11) is 1.73. The highest BCUT2D eigenvalue weighted by Crippen LogP contribution is 1.68. The second-order valence-electron chi connectivity index (χ2n) is 2.01. The molecule has 10 heavy (non-hydrogen) atoms. The molecule has 0 aromatic carbocycles. The maximum atomic E-state index is 11.1. The van der Waals surface area contributed by atoms with Gasteiger partial charge in [-0.1, -0.05) is 12.7 Å². The van der Waals surface area contributed by atoms with Gasteiger partial charge in [-0.05, 0) is 6.92 Å². The molecule has 1 heterocycles. The standard InChI is InChI=1S/C7H9NOS/c1-4-6-7(9)8(3)5(2)10-6/h4H,2H2,1,3H3/b6-4-. The first-order valence-electron chi connectivity index (χ1n) is 2.98. The number of rotatable bonds is 0. The van der Waals surface area contributed by atoms with E-state index in [9.17, 15) is 4.79 Å². The highest BCUT2D eigenvalue weighted by atomic mass is 32.1. The minimum absolute atomic E-state index is 0.0532. The van der Waals surface area contributed by atoms with Crippen molar-refractivity contribution in [3.63, 3.8) is 0 Å². The molecule has 1 aromatic heterocycles. The number of hydrogen-bond donors (Lipinski definition) is 0. The molecule has 0 saturated heterocycles. The summed E-state index contributed by atoms with van der Waals surface area (Å²) in [5, 5.41) is 0. The van der Waals surface area contributed by atoms with E-state index in [0.29, 0.717) is 0 Å². The monoisotopic (exact) mass is 155 g/mol. The second kappa shape index (κ2) is 2.42. The van der Waals surface area contributed by atoms with Crippen LogP contribution in [0.15, 0.2) is 4.79 Å². The van der Waals surface area contributed by atoms with Crippen LogP contribution in [-0.2, 0) is 7.05 Å². The molecule has 0 atom stereocenters. The fraction of sp³-hybridized carbons (Fsp3) is 0.286. The smallest absolute Gasteiger partial charge is 0.268 e. The van der Waals surface area contributed by atoms with Crippen LogP contribution < -0.4 is 14.8 Å². The third kappa shape index (κ3) is 0.926. The molecular formula is C7H9NOS. The van der Waals surface area contributed by atoms with Gasteiger partial charge in [-0.2, -0.15) is 0 Å². The molecule has 0 unspecified atom stereocenters. The van der Waals surface area contributed by atoms with Gasteiger partial charge < -0.3 is 4.57 Å². The predicted molar refractivity (Wildman–Crippen MR) is 44.5 cm³/mol. The molecule has 0 fully saturated rings. The lowest BCUT2D eigenvalue weighted by Crippen LogP contribution is -2.27. The Morgan fingerprint density at radius 3 is 2.50 bits per heavy atom. The third-order valence-corrected chi connectivity index (χ3v) is 2.52. The zero-order valence-corrected chi connectivity index (χ0v) is 6.86. The molecule has 3 heteroatoms. The van der Waals surface area contributed by atoms with Crippen LogP contribution in [0.25, 0.3) is 12.7 Å². The molecule has 0 amide bonds. The zero-order valence-electron chi connectivity index (χ0n) is 6.05. The van der Waals surface area contributed by atoms with Crippen molar-refractivity contribution in [1.82, 2.24) is 4.57 Å². The Morgan fingerprint density at radius 1 is 1.70 bits per heavy atom. The van der Waals surface area contributed by atoms with Gasteiger partial charge in [-0.3, -0.25) is 4.79 Å². The fourth-order valence-electron chi connectivity index (χ4n) is 0.700. The van der Waals surface area contributed by atoms with E-state index in [0.717, 1.165) is 9.20 Å². The van der Waals surface area contributed by atoms with Crippen LogP contribution in [0, 0.1) is 0 Å². The fourth-order valence-corrected chi connectivity index (χ4v) is 1.52. The van der Waals surface area contributed by atoms with E-state index >= 15 is 0 Å². The van der Waals surface area contributed by atoms with Crippen LogP contribution in [-0.4, -0.2) is 4.57 Å². The Hall–Kier alpha value is -0.830. The maximum Gasteiger partial charge on any atom is 0.268 e. The second-order valence-corrected chi connectivity index (χ2v) is 3.13. The van der Waals surface area contributed by atoms with Crippen molar-refractivity contribution < 1.29 is 0 Å². The largest absolute Gasteiger partial charge is 0.303 e. The summed E-state index contributed by atoms with van der Waals surface area (Å²) in [6, 6.07) is 0. The molecule has 0 bridgehead atoms. The van der Waals surface area contributed by atoms with Crippen molar-refractivity contribution in [3.8, 4) is 0 Å². The van der Waals surface area contributed by atoms with E-state index in [4.69, 9.17) is 0 Å². The van der Waals surface area contributed by atoms with E-state index in [2.05, 4.69) is 6.58 Å². The van der Waals surface area contributed by atoms with Gasteiger partial charge in [-0.25, -0.2) is 0 Å². The molecule has 0 saturated carbocycles. The van der Waals surface area contributed by atoms with Gasteiger partial charge in [0.1, 0.15) is 0 Å². The number of hydrogen-bond acceptors (Lipinski definition) is 2. The van der Waals surface area contributed by atoms with Crippen molar-refractivity contribution in [2.75, 3.05) is 0 Å². The molecule has 0 aliphatic carbocycles. The van der Waals surface area contributed by atoms with E-state index < -0.39 is 0 Å². The van der Waals surface area contributed by atoms with Crippen LogP contribution in [0.1, 0.15) is 6.92 Å².